The standard InChI is InChI=1S/C9H15F3O3S/c1-7(2)4-5-8(3)6-15-16(13,14)9(10,11)12/h4,8H,5-6H2,1-3H3/t8-/m0/s1. The molecule has 0 aromatic rings. The molecule has 0 amide bonds. The van der Waals surface area contributed by atoms with E-state index in [-0.39, 0.29) is 5.92 Å². The zero-order chi connectivity index (χ0) is 13.0. The Labute approximate surface area is 93.4 Å². The fourth-order valence-corrected chi connectivity index (χ4v) is 1.32. The van der Waals surface area contributed by atoms with Crippen molar-refractivity contribution in [1.29, 1.82) is 0 Å². The van der Waals surface area contributed by atoms with Crippen LogP contribution in [0.4, 0.5) is 13.2 Å². The van der Waals surface area contributed by atoms with Crippen LogP contribution in [0.25, 0.3) is 0 Å². The van der Waals surface area contributed by atoms with Gasteiger partial charge in [0.2, 0.25) is 0 Å². The summed E-state index contributed by atoms with van der Waals surface area (Å²) in [4.78, 5) is 0. The largest absolute Gasteiger partial charge is 0.523 e. The molecule has 0 spiro atoms. The molecule has 16 heavy (non-hydrogen) atoms. The summed E-state index contributed by atoms with van der Waals surface area (Å²) < 4.78 is 60.6. The van der Waals surface area contributed by atoms with Gasteiger partial charge in [-0.1, -0.05) is 18.6 Å². The Morgan fingerprint density at radius 3 is 2.25 bits per heavy atom. The molecule has 0 fully saturated rings. The number of alkyl halides is 3. The van der Waals surface area contributed by atoms with Crippen LogP contribution in [0.5, 0.6) is 0 Å². The quantitative estimate of drug-likeness (QED) is 0.433. The second-order valence-electron chi connectivity index (χ2n) is 3.81. The molecule has 0 N–H and O–H groups in total. The summed E-state index contributed by atoms with van der Waals surface area (Å²) in [6.45, 7) is 4.84. The van der Waals surface area contributed by atoms with Crippen molar-refractivity contribution in [2.45, 2.75) is 32.7 Å². The zero-order valence-electron chi connectivity index (χ0n) is 9.34. The van der Waals surface area contributed by atoms with Crippen molar-refractivity contribution in [3.63, 3.8) is 0 Å². The van der Waals surface area contributed by atoms with Crippen molar-refractivity contribution in [3.05, 3.63) is 11.6 Å². The molecule has 0 bridgehead atoms. The van der Waals surface area contributed by atoms with Crippen molar-refractivity contribution >= 4 is 10.1 Å². The number of halogens is 3. The summed E-state index contributed by atoms with van der Waals surface area (Å²) in [5.74, 6) is -0.285. The molecular weight excluding hydrogens is 245 g/mol. The van der Waals surface area contributed by atoms with E-state index in [0.717, 1.165) is 5.57 Å². The van der Waals surface area contributed by atoms with Crippen molar-refractivity contribution in [1.82, 2.24) is 0 Å². The van der Waals surface area contributed by atoms with Gasteiger partial charge in [0.15, 0.2) is 0 Å². The van der Waals surface area contributed by atoms with Gasteiger partial charge in [-0.2, -0.15) is 21.6 Å². The topological polar surface area (TPSA) is 43.4 Å². The Bertz CT molecular complexity index is 340. The lowest BCUT2D eigenvalue weighted by Gasteiger charge is -2.11. The molecule has 0 radical (unpaired) electrons. The van der Waals surface area contributed by atoms with Crippen LogP contribution in [0.15, 0.2) is 11.6 Å². The van der Waals surface area contributed by atoms with Crippen LogP contribution < -0.4 is 0 Å². The van der Waals surface area contributed by atoms with Gasteiger partial charge in [0.1, 0.15) is 0 Å². The van der Waals surface area contributed by atoms with E-state index in [2.05, 4.69) is 4.18 Å². The molecule has 0 saturated heterocycles. The van der Waals surface area contributed by atoms with Crippen molar-refractivity contribution < 1.29 is 25.8 Å². The Morgan fingerprint density at radius 1 is 1.38 bits per heavy atom. The Hall–Kier alpha value is -0.560. The molecule has 0 aliphatic carbocycles. The van der Waals surface area contributed by atoms with Crippen molar-refractivity contribution in [2.24, 2.45) is 5.92 Å². The van der Waals surface area contributed by atoms with E-state index in [1.807, 2.05) is 19.9 Å². The highest BCUT2D eigenvalue weighted by atomic mass is 32.2. The summed E-state index contributed by atoms with van der Waals surface area (Å²) in [5.41, 5.74) is -4.33. The van der Waals surface area contributed by atoms with Crippen LogP contribution in [0, 0.1) is 5.92 Å². The predicted octanol–water partition coefficient (Wildman–Crippen LogP) is 2.85. The molecule has 0 aromatic heterocycles. The lowest BCUT2D eigenvalue weighted by Crippen LogP contribution is -2.27. The Balaban J connectivity index is 4.22. The van der Waals surface area contributed by atoms with Gasteiger partial charge < -0.3 is 0 Å². The van der Waals surface area contributed by atoms with E-state index in [1.165, 1.54) is 0 Å². The third-order valence-corrected chi connectivity index (χ3v) is 2.73. The molecule has 1 atom stereocenters. The average molecular weight is 260 g/mol. The maximum Gasteiger partial charge on any atom is 0.523 e. The van der Waals surface area contributed by atoms with Crippen molar-refractivity contribution in [2.75, 3.05) is 6.61 Å². The Morgan fingerprint density at radius 2 is 1.88 bits per heavy atom. The number of allylic oxidation sites excluding steroid dienone is 2. The van der Waals surface area contributed by atoms with Crippen LogP contribution in [0.3, 0.4) is 0 Å². The first-order chi connectivity index (χ1) is 7.06. The van der Waals surface area contributed by atoms with E-state index < -0.39 is 22.2 Å². The Kier molecular flexibility index (Phi) is 5.48. The molecule has 7 heteroatoms. The van der Waals surface area contributed by atoms with Crippen LogP contribution in [-0.4, -0.2) is 20.5 Å². The summed E-state index contributed by atoms with van der Waals surface area (Å²) in [6, 6.07) is 0. The molecule has 0 saturated carbocycles. The monoisotopic (exact) mass is 260 g/mol. The minimum atomic E-state index is -5.45. The smallest absolute Gasteiger partial charge is 0.263 e. The average Bonchev–Trinajstić information content (AvgIpc) is 2.09. The fourth-order valence-electron chi connectivity index (χ4n) is 0.777. The highest BCUT2D eigenvalue weighted by molar-refractivity contribution is 7.87. The molecule has 3 nitrogen and oxygen atoms in total. The summed E-state index contributed by atoms with van der Waals surface area (Å²) in [7, 11) is -5.45. The van der Waals surface area contributed by atoms with Gasteiger partial charge in [-0.05, 0) is 26.2 Å². The first kappa shape index (κ1) is 15.4. The molecule has 0 aliphatic rings. The summed E-state index contributed by atoms with van der Waals surface area (Å²) in [6.07, 6.45) is 2.30. The van der Waals surface area contributed by atoms with Crippen LogP contribution in [0.2, 0.25) is 0 Å². The van der Waals surface area contributed by atoms with E-state index >= 15 is 0 Å². The van der Waals surface area contributed by atoms with Gasteiger partial charge in [0.25, 0.3) is 0 Å². The van der Waals surface area contributed by atoms with Gasteiger partial charge in [-0.25, -0.2) is 0 Å². The SMILES string of the molecule is CC(C)=CC[C@H](C)COS(=O)(=O)C(F)(F)F. The summed E-state index contributed by atoms with van der Waals surface area (Å²) >= 11 is 0. The van der Waals surface area contributed by atoms with Crippen LogP contribution in [-0.2, 0) is 14.3 Å². The van der Waals surface area contributed by atoms with E-state index in [0.29, 0.717) is 6.42 Å². The van der Waals surface area contributed by atoms with E-state index in [9.17, 15) is 21.6 Å². The van der Waals surface area contributed by atoms with E-state index in [4.69, 9.17) is 0 Å². The highest BCUT2D eigenvalue weighted by Crippen LogP contribution is 2.25. The second kappa shape index (κ2) is 5.67. The maximum absolute atomic E-state index is 11.9. The molecule has 0 aromatic carbocycles. The maximum atomic E-state index is 11.9. The minimum Gasteiger partial charge on any atom is -0.263 e. The van der Waals surface area contributed by atoms with Crippen molar-refractivity contribution in [3.8, 4) is 0 Å². The zero-order valence-corrected chi connectivity index (χ0v) is 10.2. The van der Waals surface area contributed by atoms with Crippen LogP contribution >= 0.6 is 0 Å². The van der Waals surface area contributed by atoms with Gasteiger partial charge in [0.05, 0.1) is 6.61 Å². The highest BCUT2D eigenvalue weighted by Gasteiger charge is 2.47. The third kappa shape index (κ3) is 5.50. The first-order valence-electron chi connectivity index (χ1n) is 4.65. The second-order valence-corrected chi connectivity index (χ2v) is 5.41. The molecule has 0 unspecified atom stereocenters. The molecular formula is C9H15F3O3S. The van der Waals surface area contributed by atoms with Gasteiger partial charge in [0, 0.05) is 0 Å². The first-order valence-corrected chi connectivity index (χ1v) is 6.06. The predicted molar refractivity (Wildman–Crippen MR) is 54.1 cm³/mol. The number of hydrogen-bond acceptors (Lipinski definition) is 3. The molecule has 0 heterocycles. The lowest BCUT2D eigenvalue weighted by molar-refractivity contribution is -0.0549. The lowest BCUT2D eigenvalue weighted by atomic mass is 10.1. The van der Waals surface area contributed by atoms with Gasteiger partial charge in [-0.15, -0.1) is 0 Å². The van der Waals surface area contributed by atoms with Gasteiger partial charge >= 0.3 is 15.6 Å². The molecule has 0 aliphatic heterocycles. The normalized spacial score (nSPS) is 14.6. The summed E-state index contributed by atoms with van der Waals surface area (Å²) in [5, 5.41) is 0. The molecule has 0 rings (SSSR count). The number of hydrogen-bond donors (Lipinski definition) is 0. The van der Waals surface area contributed by atoms with E-state index in [1.54, 1.807) is 6.92 Å². The van der Waals surface area contributed by atoms with Gasteiger partial charge in [-0.3, -0.25) is 4.18 Å². The molecule has 96 valence electrons. The third-order valence-electron chi connectivity index (χ3n) is 1.72. The minimum absolute atomic E-state index is 0.285. The van der Waals surface area contributed by atoms with Crippen LogP contribution in [0.1, 0.15) is 27.2 Å². The fraction of sp³-hybridized carbons (Fsp3) is 0.778. The number of rotatable bonds is 5.